The van der Waals surface area contributed by atoms with E-state index in [-0.39, 0.29) is 17.7 Å². The van der Waals surface area contributed by atoms with E-state index in [4.69, 9.17) is 0 Å². The van der Waals surface area contributed by atoms with Crippen molar-refractivity contribution < 1.29 is 9.90 Å². The van der Waals surface area contributed by atoms with Gasteiger partial charge >= 0.3 is 0 Å². The predicted octanol–water partition coefficient (Wildman–Crippen LogP) is 1.60. The van der Waals surface area contributed by atoms with Gasteiger partial charge in [-0.2, -0.15) is 0 Å². The Bertz CT molecular complexity index is 192. The molecule has 0 fully saturated rings. The first kappa shape index (κ1) is 14.6. The molecule has 0 aromatic rings. The van der Waals surface area contributed by atoms with Crippen LogP contribution in [0.4, 0.5) is 0 Å². The monoisotopic (exact) mass is 215 g/mol. The zero-order valence-electron chi connectivity index (χ0n) is 10.6. The van der Waals surface area contributed by atoms with Crippen LogP contribution < -0.4 is 5.32 Å². The number of likely N-dealkylation sites (N-methyl/N-ethyl adjacent to an activating group) is 1. The summed E-state index contributed by atoms with van der Waals surface area (Å²) in [7, 11) is 1.86. The summed E-state index contributed by atoms with van der Waals surface area (Å²) in [6.45, 7) is 7.71. The molecule has 0 saturated heterocycles. The van der Waals surface area contributed by atoms with Crippen LogP contribution in [0.5, 0.6) is 0 Å². The Kier molecular flexibility index (Phi) is 6.77. The average Bonchev–Trinajstić information content (AvgIpc) is 2.13. The van der Waals surface area contributed by atoms with E-state index in [0.29, 0.717) is 12.3 Å². The maximum absolute atomic E-state index is 11.1. The van der Waals surface area contributed by atoms with Crippen molar-refractivity contribution in [1.29, 1.82) is 0 Å². The highest BCUT2D eigenvalue weighted by atomic mass is 16.3. The van der Waals surface area contributed by atoms with Gasteiger partial charge in [-0.15, -0.1) is 0 Å². The molecule has 3 atom stereocenters. The first-order valence-electron chi connectivity index (χ1n) is 5.74. The number of aliphatic hydroxyl groups excluding tert-OH is 1. The molecule has 0 bridgehead atoms. The molecule has 3 nitrogen and oxygen atoms in total. The van der Waals surface area contributed by atoms with E-state index >= 15 is 0 Å². The van der Waals surface area contributed by atoms with Crippen molar-refractivity contribution in [3.8, 4) is 0 Å². The van der Waals surface area contributed by atoms with Crippen LogP contribution in [-0.2, 0) is 4.79 Å². The zero-order valence-corrected chi connectivity index (χ0v) is 10.6. The Balaban J connectivity index is 4.14. The van der Waals surface area contributed by atoms with Crippen LogP contribution >= 0.6 is 0 Å². The Morgan fingerprint density at radius 3 is 2.13 bits per heavy atom. The molecule has 0 aromatic carbocycles. The number of Topliss-reactive ketones (excluding diaryl/α,β-unsaturated/α-hetero) is 1. The summed E-state index contributed by atoms with van der Waals surface area (Å²) < 4.78 is 0. The normalized spacial score (nSPS) is 17.5. The fourth-order valence-electron chi connectivity index (χ4n) is 1.67. The number of nitrogens with one attached hydrogen (secondary N) is 1. The molecule has 0 aliphatic carbocycles. The van der Waals surface area contributed by atoms with E-state index in [1.165, 1.54) is 0 Å². The Hall–Kier alpha value is -0.410. The molecule has 0 aliphatic heterocycles. The van der Waals surface area contributed by atoms with Gasteiger partial charge in [0.2, 0.25) is 0 Å². The number of hydrogen-bond donors (Lipinski definition) is 2. The van der Waals surface area contributed by atoms with E-state index < -0.39 is 6.10 Å². The van der Waals surface area contributed by atoms with Crippen molar-refractivity contribution in [3.05, 3.63) is 0 Å². The summed E-state index contributed by atoms with van der Waals surface area (Å²) >= 11 is 0. The standard InChI is InChI=1S/C12H25NO2/c1-8(2)6-11(13-5)12(15)7-9(3)10(4)14/h8-9,11-13,15H,6-7H2,1-5H3/t9?,11-,12?/m0/s1. The molecule has 0 heterocycles. The molecule has 2 unspecified atom stereocenters. The Morgan fingerprint density at radius 2 is 1.80 bits per heavy atom. The lowest BCUT2D eigenvalue weighted by Crippen LogP contribution is -2.40. The minimum Gasteiger partial charge on any atom is -0.391 e. The van der Waals surface area contributed by atoms with Crippen molar-refractivity contribution in [1.82, 2.24) is 5.32 Å². The number of rotatable bonds is 7. The lowest BCUT2D eigenvalue weighted by Gasteiger charge is -2.25. The van der Waals surface area contributed by atoms with Gasteiger partial charge < -0.3 is 10.4 Å². The van der Waals surface area contributed by atoms with E-state index in [0.717, 1.165) is 6.42 Å². The molecule has 0 amide bonds. The van der Waals surface area contributed by atoms with Crippen molar-refractivity contribution in [2.45, 2.75) is 52.7 Å². The van der Waals surface area contributed by atoms with Crippen LogP contribution in [0.2, 0.25) is 0 Å². The molecular weight excluding hydrogens is 190 g/mol. The molecule has 90 valence electrons. The second kappa shape index (κ2) is 6.96. The Labute approximate surface area is 93.3 Å². The van der Waals surface area contributed by atoms with E-state index in [1.807, 2.05) is 14.0 Å². The van der Waals surface area contributed by atoms with Crippen molar-refractivity contribution in [3.63, 3.8) is 0 Å². The van der Waals surface area contributed by atoms with E-state index in [2.05, 4.69) is 19.2 Å². The van der Waals surface area contributed by atoms with Crippen molar-refractivity contribution in [2.24, 2.45) is 11.8 Å². The highest BCUT2D eigenvalue weighted by Crippen LogP contribution is 2.15. The zero-order chi connectivity index (χ0) is 12.0. The molecule has 15 heavy (non-hydrogen) atoms. The summed E-state index contributed by atoms with van der Waals surface area (Å²) in [6, 6.07) is 0.0896. The summed E-state index contributed by atoms with van der Waals surface area (Å²) in [6.07, 6.45) is 1.05. The van der Waals surface area contributed by atoms with Gasteiger partial charge in [0.15, 0.2) is 0 Å². The summed E-state index contributed by atoms with van der Waals surface area (Å²) in [5.74, 6) is 0.640. The van der Waals surface area contributed by atoms with E-state index in [1.54, 1.807) is 6.92 Å². The first-order chi connectivity index (χ1) is 6.88. The van der Waals surface area contributed by atoms with Crippen LogP contribution in [0, 0.1) is 11.8 Å². The molecule has 0 aromatic heterocycles. The van der Waals surface area contributed by atoms with Gasteiger partial charge in [0, 0.05) is 12.0 Å². The summed E-state index contributed by atoms with van der Waals surface area (Å²) in [5, 5.41) is 13.1. The maximum atomic E-state index is 11.1. The van der Waals surface area contributed by atoms with Crippen LogP contribution in [-0.4, -0.2) is 30.1 Å². The number of carbonyl (C=O) groups excluding carboxylic acids is 1. The molecule has 0 spiro atoms. The average molecular weight is 215 g/mol. The molecule has 0 rings (SSSR count). The molecule has 0 aliphatic rings. The number of carbonyl (C=O) groups is 1. The second-order valence-corrected chi connectivity index (χ2v) is 4.84. The van der Waals surface area contributed by atoms with Crippen LogP contribution in [0.25, 0.3) is 0 Å². The van der Waals surface area contributed by atoms with Crippen LogP contribution in [0.3, 0.4) is 0 Å². The molecule has 3 heteroatoms. The lowest BCUT2D eigenvalue weighted by atomic mass is 9.91. The molecular formula is C12H25NO2. The summed E-state index contributed by atoms with van der Waals surface area (Å²) in [4.78, 5) is 11.1. The van der Waals surface area contributed by atoms with Crippen molar-refractivity contribution >= 4 is 5.78 Å². The molecule has 2 N–H and O–H groups in total. The third-order valence-electron chi connectivity index (χ3n) is 2.85. The fourth-order valence-corrected chi connectivity index (χ4v) is 1.67. The van der Waals surface area contributed by atoms with Crippen LogP contribution in [0.15, 0.2) is 0 Å². The molecule has 0 radical (unpaired) electrons. The van der Waals surface area contributed by atoms with Gasteiger partial charge in [-0.05, 0) is 32.7 Å². The highest BCUT2D eigenvalue weighted by Gasteiger charge is 2.22. The first-order valence-corrected chi connectivity index (χ1v) is 5.74. The smallest absolute Gasteiger partial charge is 0.132 e. The van der Waals surface area contributed by atoms with Gasteiger partial charge in [-0.25, -0.2) is 0 Å². The van der Waals surface area contributed by atoms with Gasteiger partial charge in [0.25, 0.3) is 0 Å². The SMILES string of the molecule is CN[C@@H](CC(C)C)C(O)CC(C)C(C)=O. The minimum atomic E-state index is -0.434. The minimum absolute atomic E-state index is 0.0528. The highest BCUT2D eigenvalue weighted by molar-refractivity contribution is 5.77. The van der Waals surface area contributed by atoms with E-state index in [9.17, 15) is 9.90 Å². The topological polar surface area (TPSA) is 49.3 Å². The fraction of sp³-hybridized carbons (Fsp3) is 0.917. The van der Waals surface area contributed by atoms with Gasteiger partial charge in [0.05, 0.1) is 6.10 Å². The molecule has 0 saturated carbocycles. The number of aliphatic hydroxyl groups is 1. The second-order valence-electron chi connectivity index (χ2n) is 4.84. The largest absolute Gasteiger partial charge is 0.391 e. The predicted molar refractivity (Wildman–Crippen MR) is 62.8 cm³/mol. The summed E-state index contributed by atoms with van der Waals surface area (Å²) in [5.41, 5.74) is 0. The Morgan fingerprint density at radius 1 is 1.27 bits per heavy atom. The third kappa shape index (κ3) is 5.90. The van der Waals surface area contributed by atoms with Gasteiger partial charge in [-0.3, -0.25) is 4.79 Å². The van der Waals surface area contributed by atoms with Crippen molar-refractivity contribution in [2.75, 3.05) is 7.05 Å². The van der Waals surface area contributed by atoms with Gasteiger partial charge in [-0.1, -0.05) is 20.8 Å². The maximum Gasteiger partial charge on any atom is 0.132 e. The lowest BCUT2D eigenvalue weighted by molar-refractivity contribution is -0.121. The third-order valence-corrected chi connectivity index (χ3v) is 2.85. The van der Waals surface area contributed by atoms with Crippen LogP contribution in [0.1, 0.15) is 40.5 Å². The van der Waals surface area contributed by atoms with Gasteiger partial charge in [0.1, 0.15) is 5.78 Å². The number of ketones is 1. The quantitative estimate of drug-likeness (QED) is 0.678. The number of hydrogen-bond acceptors (Lipinski definition) is 3.